The minimum Gasteiger partial charge on any atom is -0.375 e. The van der Waals surface area contributed by atoms with E-state index in [0.29, 0.717) is 12.6 Å². The molecule has 5 heteroatoms. The van der Waals surface area contributed by atoms with Gasteiger partial charge in [0.2, 0.25) is 0 Å². The second kappa shape index (κ2) is 7.86. The third-order valence-corrected chi connectivity index (χ3v) is 7.06. The van der Waals surface area contributed by atoms with Crippen LogP contribution in [0.15, 0.2) is 47.3 Å². The molecule has 0 spiro atoms. The van der Waals surface area contributed by atoms with Crippen LogP contribution in [-0.4, -0.2) is 43.4 Å². The van der Waals surface area contributed by atoms with Crippen LogP contribution in [-0.2, 0) is 11.2 Å². The van der Waals surface area contributed by atoms with E-state index in [1.807, 2.05) is 0 Å². The van der Waals surface area contributed by atoms with Crippen molar-refractivity contribution in [2.75, 3.05) is 36.0 Å². The van der Waals surface area contributed by atoms with Gasteiger partial charge in [0.05, 0.1) is 12.7 Å². The fourth-order valence-electron chi connectivity index (χ4n) is 5.72. The number of aromatic nitrogens is 1. The van der Waals surface area contributed by atoms with E-state index < -0.39 is 0 Å². The number of aromatic amines is 1. The van der Waals surface area contributed by atoms with Gasteiger partial charge in [0.15, 0.2) is 0 Å². The monoisotopic (exact) mass is 393 g/mol. The minimum atomic E-state index is -0.00725. The van der Waals surface area contributed by atoms with E-state index in [1.165, 1.54) is 24.8 Å². The van der Waals surface area contributed by atoms with Crippen LogP contribution in [0.5, 0.6) is 0 Å². The van der Waals surface area contributed by atoms with Crippen molar-refractivity contribution in [2.45, 2.75) is 44.8 Å². The molecule has 29 heavy (non-hydrogen) atoms. The summed E-state index contributed by atoms with van der Waals surface area (Å²) < 4.78 is 5.69. The summed E-state index contributed by atoms with van der Waals surface area (Å²) >= 11 is 0. The van der Waals surface area contributed by atoms with Gasteiger partial charge in [-0.05, 0) is 43.6 Å². The normalized spacial score (nSPS) is 29.3. The quantitative estimate of drug-likeness (QED) is 0.864. The predicted octanol–water partition coefficient (Wildman–Crippen LogP) is 3.45. The smallest absolute Gasteiger partial charge is 0.251 e. The lowest BCUT2D eigenvalue weighted by atomic mass is 9.90. The fraction of sp³-hybridized carbons (Fsp3) is 0.542. The predicted molar refractivity (Wildman–Crippen MR) is 117 cm³/mol. The SMILES string of the molecule is C[C@@H]1CN(c2cc(N3C[C@H]4CCC[C@H]4[C@H]3Cc3ccccc3)[nH]c(=O)c2)CCO1. The zero-order chi connectivity index (χ0) is 19.8. The van der Waals surface area contributed by atoms with E-state index in [2.05, 4.69) is 58.1 Å². The first-order chi connectivity index (χ1) is 14.2. The first-order valence-corrected chi connectivity index (χ1v) is 11.1. The van der Waals surface area contributed by atoms with Gasteiger partial charge in [-0.2, -0.15) is 0 Å². The van der Waals surface area contributed by atoms with Crippen LogP contribution in [0.2, 0.25) is 0 Å². The van der Waals surface area contributed by atoms with E-state index in [1.54, 1.807) is 6.07 Å². The molecule has 2 saturated heterocycles. The van der Waals surface area contributed by atoms with E-state index in [0.717, 1.165) is 49.4 Å². The third-order valence-electron chi connectivity index (χ3n) is 7.06. The molecular formula is C24H31N3O2. The summed E-state index contributed by atoms with van der Waals surface area (Å²) in [6.07, 6.45) is 5.21. The highest BCUT2D eigenvalue weighted by Gasteiger charge is 2.44. The number of ether oxygens (including phenoxy) is 1. The molecule has 2 aromatic rings. The van der Waals surface area contributed by atoms with Crippen LogP contribution in [0, 0.1) is 11.8 Å². The highest BCUT2D eigenvalue weighted by atomic mass is 16.5. The summed E-state index contributed by atoms with van der Waals surface area (Å²) in [4.78, 5) is 20.5. The largest absolute Gasteiger partial charge is 0.375 e. The molecule has 1 aromatic heterocycles. The molecule has 5 nitrogen and oxygen atoms in total. The summed E-state index contributed by atoms with van der Waals surface area (Å²) in [5.74, 6) is 2.46. The second-order valence-corrected chi connectivity index (χ2v) is 8.98. The average molecular weight is 394 g/mol. The average Bonchev–Trinajstić information content (AvgIpc) is 3.31. The van der Waals surface area contributed by atoms with Crippen LogP contribution >= 0.6 is 0 Å². The number of nitrogens with one attached hydrogen (secondary N) is 1. The summed E-state index contributed by atoms with van der Waals surface area (Å²) in [6.45, 7) is 5.54. The minimum absolute atomic E-state index is 0.00725. The molecule has 2 aliphatic heterocycles. The van der Waals surface area contributed by atoms with E-state index in [-0.39, 0.29) is 11.7 Å². The first-order valence-electron chi connectivity index (χ1n) is 11.1. The van der Waals surface area contributed by atoms with Gasteiger partial charge in [-0.1, -0.05) is 36.8 Å². The molecule has 1 saturated carbocycles. The van der Waals surface area contributed by atoms with Crippen molar-refractivity contribution >= 4 is 11.5 Å². The van der Waals surface area contributed by atoms with Gasteiger partial charge in [0.1, 0.15) is 5.82 Å². The van der Waals surface area contributed by atoms with Crippen LogP contribution in [0.4, 0.5) is 11.5 Å². The number of pyridine rings is 1. The van der Waals surface area contributed by atoms with Crippen LogP contribution in [0.25, 0.3) is 0 Å². The molecule has 1 aromatic carbocycles. The van der Waals surface area contributed by atoms with Crippen molar-refractivity contribution in [1.82, 2.24) is 4.98 Å². The Kier molecular flexibility index (Phi) is 5.08. The molecule has 1 N–H and O–H groups in total. The van der Waals surface area contributed by atoms with Crippen molar-refractivity contribution < 1.29 is 4.74 Å². The Hall–Kier alpha value is -2.27. The number of anilines is 2. The molecule has 0 bridgehead atoms. The van der Waals surface area contributed by atoms with Crippen molar-refractivity contribution in [3.63, 3.8) is 0 Å². The van der Waals surface area contributed by atoms with Crippen LogP contribution < -0.4 is 15.4 Å². The van der Waals surface area contributed by atoms with Gasteiger partial charge in [0.25, 0.3) is 5.56 Å². The molecule has 4 atom stereocenters. The third kappa shape index (κ3) is 3.80. The first kappa shape index (κ1) is 18.7. The van der Waals surface area contributed by atoms with E-state index in [4.69, 9.17) is 4.74 Å². The topological polar surface area (TPSA) is 48.6 Å². The number of hydrogen-bond donors (Lipinski definition) is 1. The molecule has 154 valence electrons. The Morgan fingerprint density at radius 3 is 2.83 bits per heavy atom. The zero-order valence-corrected chi connectivity index (χ0v) is 17.2. The number of fused-ring (bicyclic) bond motifs is 1. The molecular weight excluding hydrogens is 362 g/mol. The molecule has 3 aliphatic rings. The van der Waals surface area contributed by atoms with E-state index in [9.17, 15) is 4.79 Å². The number of rotatable bonds is 4. The Labute approximate surface area is 172 Å². The molecule has 1 aliphatic carbocycles. The van der Waals surface area contributed by atoms with Gasteiger partial charge < -0.3 is 19.5 Å². The summed E-state index contributed by atoms with van der Waals surface area (Å²) in [6, 6.07) is 15.2. The second-order valence-electron chi connectivity index (χ2n) is 8.98. The van der Waals surface area contributed by atoms with Gasteiger partial charge in [-0.15, -0.1) is 0 Å². The van der Waals surface area contributed by atoms with Gasteiger partial charge in [-0.3, -0.25) is 4.79 Å². The molecule has 5 rings (SSSR count). The van der Waals surface area contributed by atoms with Gasteiger partial charge in [-0.25, -0.2) is 0 Å². The summed E-state index contributed by atoms with van der Waals surface area (Å²) in [5, 5.41) is 0. The number of nitrogens with zero attached hydrogens (tertiary/aromatic N) is 2. The molecule has 3 heterocycles. The summed E-state index contributed by atoms with van der Waals surface area (Å²) in [5.41, 5.74) is 2.40. The van der Waals surface area contributed by atoms with Crippen molar-refractivity contribution in [2.24, 2.45) is 11.8 Å². The number of H-pyrrole nitrogens is 1. The van der Waals surface area contributed by atoms with Crippen molar-refractivity contribution in [3.8, 4) is 0 Å². The van der Waals surface area contributed by atoms with Gasteiger partial charge >= 0.3 is 0 Å². The maximum absolute atomic E-state index is 12.6. The maximum atomic E-state index is 12.6. The Balaban J connectivity index is 1.45. The number of benzene rings is 1. The summed E-state index contributed by atoms with van der Waals surface area (Å²) in [7, 11) is 0. The Morgan fingerprint density at radius 1 is 1.14 bits per heavy atom. The van der Waals surface area contributed by atoms with Crippen molar-refractivity contribution in [3.05, 3.63) is 58.4 Å². The molecule has 0 amide bonds. The maximum Gasteiger partial charge on any atom is 0.251 e. The molecule has 0 unspecified atom stereocenters. The lowest BCUT2D eigenvalue weighted by molar-refractivity contribution is 0.0532. The Morgan fingerprint density at radius 2 is 2.00 bits per heavy atom. The lowest BCUT2D eigenvalue weighted by Crippen LogP contribution is -2.42. The highest BCUT2D eigenvalue weighted by Crippen LogP contribution is 2.44. The van der Waals surface area contributed by atoms with Crippen LogP contribution in [0.1, 0.15) is 31.7 Å². The van der Waals surface area contributed by atoms with Crippen molar-refractivity contribution in [1.29, 1.82) is 0 Å². The Bertz CT molecular complexity index is 896. The molecule has 0 radical (unpaired) electrons. The lowest BCUT2D eigenvalue weighted by Gasteiger charge is -2.34. The fourth-order valence-corrected chi connectivity index (χ4v) is 5.72. The number of morpholine rings is 1. The van der Waals surface area contributed by atoms with E-state index >= 15 is 0 Å². The van der Waals surface area contributed by atoms with Gasteiger partial charge in [0, 0.05) is 43.5 Å². The number of hydrogen-bond acceptors (Lipinski definition) is 4. The zero-order valence-electron chi connectivity index (χ0n) is 17.2. The van der Waals surface area contributed by atoms with Crippen LogP contribution in [0.3, 0.4) is 0 Å². The standard InChI is InChI=1S/C24H31N3O2/c1-17-15-26(10-11-29-17)20-13-23(25-24(28)14-20)27-16-19-8-5-9-21(19)22(27)12-18-6-3-2-4-7-18/h2-4,6-7,13-14,17,19,21-22H,5,8-12,15-16H2,1H3,(H,25,28)/t17-,19-,21-,22-/m1/s1. The molecule has 3 fully saturated rings. The highest BCUT2D eigenvalue weighted by molar-refractivity contribution is 5.56.